The fourth-order valence-electron chi connectivity index (χ4n) is 3.49. The zero-order chi connectivity index (χ0) is 12.4. The number of nitrogens with zero attached hydrogens (tertiary/aromatic N) is 1. The summed E-state index contributed by atoms with van der Waals surface area (Å²) in [7, 11) is 0. The Balaban J connectivity index is 1.67. The highest BCUT2D eigenvalue weighted by atomic mass is 16.2. The number of piperidine rings is 1. The Labute approximate surface area is 109 Å². The molecule has 1 aliphatic carbocycles. The van der Waals surface area contributed by atoms with Gasteiger partial charge in [0.15, 0.2) is 0 Å². The van der Waals surface area contributed by atoms with Crippen LogP contribution in [0.3, 0.4) is 0 Å². The summed E-state index contributed by atoms with van der Waals surface area (Å²) in [5, 5.41) is 0. The second kappa shape index (κ2) is 5.13. The predicted molar refractivity (Wildman–Crippen MR) is 71.9 cm³/mol. The van der Waals surface area contributed by atoms with Gasteiger partial charge in [-0.2, -0.15) is 0 Å². The van der Waals surface area contributed by atoms with Crippen LogP contribution in [0.4, 0.5) is 0 Å². The molecular formula is C16H21NO. The van der Waals surface area contributed by atoms with Crippen LogP contribution in [-0.2, 0) is 11.3 Å². The summed E-state index contributed by atoms with van der Waals surface area (Å²) in [5.41, 5.74) is 1.25. The monoisotopic (exact) mass is 243 g/mol. The number of amides is 1. The van der Waals surface area contributed by atoms with Crippen LogP contribution in [0.15, 0.2) is 30.3 Å². The van der Waals surface area contributed by atoms with E-state index in [2.05, 4.69) is 17.0 Å². The molecule has 3 rings (SSSR count). The average molecular weight is 243 g/mol. The average Bonchev–Trinajstić information content (AvgIpc) is 2.41. The van der Waals surface area contributed by atoms with Gasteiger partial charge in [0.2, 0.25) is 5.91 Å². The number of benzene rings is 1. The van der Waals surface area contributed by atoms with Gasteiger partial charge in [-0.3, -0.25) is 4.79 Å². The number of carbonyl (C=O) groups is 1. The first-order valence-corrected chi connectivity index (χ1v) is 7.14. The Hall–Kier alpha value is -1.31. The van der Waals surface area contributed by atoms with Crippen molar-refractivity contribution >= 4 is 5.91 Å². The lowest BCUT2D eigenvalue weighted by molar-refractivity contribution is -0.138. The van der Waals surface area contributed by atoms with Crippen LogP contribution in [0.25, 0.3) is 0 Å². The highest BCUT2D eigenvalue weighted by Crippen LogP contribution is 2.36. The fraction of sp³-hybridized carbons (Fsp3) is 0.562. The molecule has 1 aromatic rings. The maximum atomic E-state index is 12.2. The topological polar surface area (TPSA) is 20.3 Å². The first-order valence-electron chi connectivity index (χ1n) is 7.14. The second-order valence-corrected chi connectivity index (χ2v) is 5.77. The summed E-state index contributed by atoms with van der Waals surface area (Å²) in [6.45, 7) is 1.78. The molecule has 0 spiro atoms. The first-order chi connectivity index (χ1) is 8.83. The molecular weight excluding hydrogens is 222 g/mol. The summed E-state index contributed by atoms with van der Waals surface area (Å²) in [4.78, 5) is 14.3. The summed E-state index contributed by atoms with van der Waals surface area (Å²) in [5.74, 6) is 1.81. The lowest BCUT2D eigenvalue weighted by atomic mass is 9.75. The minimum absolute atomic E-state index is 0.363. The van der Waals surface area contributed by atoms with Crippen LogP contribution < -0.4 is 0 Å². The van der Waals surface area contributed by atoms with Crippen LogP contribution in [0.2, 0.25) is 0 Å². The Morgan fingerprint density at radius 2 is 1.78 bits per heavy atom. The van der Waals surface area contributed by atoms with Crippen LogP contribution >= 0.6 is 0 Å². The highest BCUT2D eigenvalue weighted by molar-refractivity contribution is 5.77. The third-order valence-electron chi connectivity index (χ3n) is 4.53. The van der Waals surface area contributed by atoms with Gasteiger partial charge in [0, 0.05) is 19.5 Å². The van der Waals surface area contributed by atoms with Gasteiger partial charge >= 0.3 is 0 Å². The van der Waals surface area contributed by atoms with Crippen molar-refractivity contribution in [3.05, 3.63) is 35.9 Å². The van der Waals surface area contributed by atoms with Crippen molar-refractivity contribution in [3.63, 3.8) is 0 Å². The molecule has 1 saturated carbocycles. The lowest BCUT2D eigenvalue weighted by Crippen LogP contribution is -2.44. The van der Waals surface area contributed by atoms with Crippen LogP contribution in [0, 0.1) is 11.8 Å². The minimum Gasteiger partial charge on any atom is -0.338 e. The molecule has 0 unspecified atom stereocenters. The van der Waals surface area contributed by atoms with Crippen molar-refractivity contribution in [3.8, 4) is 0 Å². The van der Waals surface area contributed by atoms with Crippen LogP contribution in [0.1, 0.15) is 37.7 Å². The quantitative estimate of drug-likeness (QED) is 0.781. The fourth-order valence-corrected chi connectivity index (χ4v) is 3.49. The molecule has 18 heavy (non-hydrogen) atoms. The third-order valence-corrected chi connectivity index (χ3v) is 4.53. The molecule has 1 aromatic carbocycles. The standard InChI is InChI=1S/C16H21NO/c18-16-10-14-8-4-5-9-15(14)12-17(16)11-13-6-2-1-3-7-13/h1-3,6-7,14-15H,4-5,8-12H2/t14-,15+/m0/s1. The van der Waals surface area contributed by atoms with Gasteiger partial charge < -0.3 is 4.90 Å². The first kappa shape index (κ1) is 11.8. The van der Waals surface area contributed by atoms with Crippen LogP contribution in [0.5, 0.6) is 0 Å². The van der Waals surface area contributed by atoms with Gasteiger partial charge in [-0.25, -0.2) is 0 Å². The number of rotatable bonds is 2. The molecule has 2 heteroatoms. The highest BCUT2D eigenvalue weighted by Gasteiger charge is 2.35. The van der Waals surface area contributed by atoms with E-state index >= 15 is 0 Å². The largest absolute Gasteiger partial charge is 0.338 e. The van der Waals surface area contributed by atoms with E-state index in [1.165, 1.54) is 31.2 Å². The minimum atomic E-state index is 0.363. The van der Waals surface area contributed by atoms with E-state index in [4.69, 9.17) is 0 Å². The van der Waals surface area contributed by atoms with Gasteiger partial charge in [0.1, 0.15) is 0 Å². The smallest absolute Gasteiger partial charge is 0.223 e. The van der Waals surface area contributed by atoms with Crippen molar-refractivity contribution < 1.29 is 4.79 Å². The molecule has 0 N–H and O–H groups in total. The predicted octanol–water partition coefficient (Wildman–Crippen LogP) is 3.23. The van der Waals surface area contributed by atoms with Crippen LogP contribution in [-0.4, -0.2) is 17.4 Å². The SMILES string of the molecule is O=C1C[C@@H]2CCCC[C@@H]2CN1Cc1ccccc1. The van der Waals surface area contributed by atoms with Crippen molar-refractivity contribution in [2.75, 3.05) is 6.54 Å². The Morgan fingerprint density at radius 3 is 2.56 bits per heavy atom. The Morgan fingerprint density at radius 1 is 1.06 bits per heavy atom. The molecule has 1 heterocycles. The number of fused-ring (bicyclic) bond motifs is 1. The van der Waals surface area contributed by atoms with E-state index in [0.29, 0.717) is 11.8 Å². The van der Waals surface area contributed by atoms with Crippen molar-refractivity contribution in [2.24, 2.45) is 11.8 Å². The molecule has 2 aliphatic rings. The van der Waals surface area contributed by atoms with Gasteiger partial charge in [0.05, 0.1) is 0 Å². The number of hydrogen-bond acceptors (Lipinski definition) is 1. The van der Waals surface area contributed by atoms with Crippen molar-refractivity contribution in [1.29, 1.82) is 0 Å². The molecule has 1 aliphatic heterocycles. The number of hydrogen-bond donors (Lipinski definition) is 0. The molecule has 2 atom stereocenters. The Kier molecular flexibility index (Phi) is 3.35. The molecule has 0 radical (unpaired) electrons. The number of likely N-dealkylation sites (tertiary alicyclic amines) is 1. The van der Waals surface area contributed by atoms with Gasteiger partial charge in [-0.05, 0) is 30.2 Å². The van der Waals surface area contributed by atoms with E-state index in [0.717, 1.165) is 25.4 Å². The van der Waals surface area contributed by atoms with E-state index in [1.54, 1.807) is 0 Å². The normalized spacial score (nSPS) is 28.0. The Bertz CT molecular complexity index is 414. The lowest BCUT2D eigenvalue weighted by Gasteiger charge is -2.41. The summed E-state index contributed by atoms with van der Waals surface area (Å²) in [6.07, 6.45) is 6.07. The van der Waals surface area contributed by atoms with Gasteiger partial charge in [0.25, 0.3) is 0 Å². The summed E-state index contributed by atoms with van der Waals surface area (Å²) in [6, 6.07) is 10.3. The van der Waals surface area contributed by atoms with Crippen molar-refractivity contribution in [2.45, 2.75) is 38.6 Å². The van der Waals surface area contributed by atoms with Gasteiger partial charge in [-0.1, -0.05) is 43.2 Å². The summed E-state index contributed by atoms with van der Waals surface area (Å²) < 4.78 is 0. The molecule has 96 valence electrons. The zero-order valence-corrected chi connectivity index (χ0v) is 10.8. The molecule has 2 fully saturated rings. The maximum Gasteiger partial charge on any atom is 0.223 e. The van der Waals surface area contributed by atoms with E-state index in [-0.39, 0.29) is 0 Å². The number of carbonyl (C=O) groups excluding carboxylic acids is 1. The second-order valence-electron chi connectivity index (χ2n) is 5.77. The zero-order valence-electron chi connectivity index (χ0n) is 10.8. The van der Waals surface area contributed by atoms with Gasteiger partial charge in [-0.15, -0.1) is 0 Å². The van der Waals surface area contributed by atoms with Crippen molar-refractivity contribution in [1.82, 2.24) is 4.90 Å². The molecule has 0 aromatic heterocycles. The van der Waals surface area contributed by atoms with E-state index < -0.39 is 0 Å². The van der Waals surface area contributed by atoms with E-state index in [1.807, 2.05) is 18.2 Å². The maximum absolute atomic E-state index is 12.2. The van der Waals surface area contributed by atoms with E-state index in [9.17, 15) is 4.79 Å². The summed E-state index contributed by atoms with van der Waals surface area (Å²) >= 11 is 0. The molecule has 2 nitrogen and oxygen atoms in total. The third kappa shape index (κ3) is 2.43. The molecule has 1 amide bonds. The molecule has 1 saturated heterocycles. The molecule has 0 bridgehead atoms.